The van der Waals surface area contributed by atoms with Gasteiger partial charge in [-0.15, -0.1) is 0 Å². The summed E-state index contributed by atoms with van der Waals surface area (Å²) in [6.45, 7) is 1.56. The van der Waals surface area contributed by atoms with Crippen molar-refractivity contribution in [2.45, 2.75) is 12.3 Å². The molecule has 26 heavy (non-hydrogen) atoms. The summed E-state index contributed by atoms with van der Waals surface area (Å²) in [4.78, 5) is 27.3. The minimum Gasteiger partial charge on any atom is -0.355 e. The standard InChI is InChI=1S/C21H19N3O2/c22-12-15-5-4-8-17(11-15)19(25)24-10-9-21(14-24)18(13-23-20(21)26)16-6-2-1-3-7-16/h1-8,11,18H,9-10,13-14H2,(H,23,26)/t18-,21+/m0/s1. The molecule has 0 aliphatic carbocycles. The first-order valence-electron chi connectivity index (χ1n) is 8.77. The van der Waals surface area contributed by atoms with E-state index in [1.54, 1.807) is 29.2 Å². The molecule has 2 fully saturated rings. The van der Waals surface area contributed by atoms with Crippen molar-refractivity contribution in [2.24, 2.45) is 5.41 Å². The molecule has 1 spiro atoms. The molecule has 2 saturated heterocycles. The highest BCUT2D eigenvalue weighted by molar-refractivity contribution is 5.96. The third kappa shape index (κ3) is 2.55. The van der Waals surface area contributed by atoms with Crippen LogP contribution in [-0.4, -0.2) is 36.3 Å². The Hall–Kier alpha value is -3.13. The molecule has 2 heterocycles. The largest absolute Gasteiger partial charge is 0.355 e. The second-order valence-electron chi connectivity index (χ2n) is 7.00. The number of amides is 2. The van der Waals surface area contributed by atoms with Crippen LogP contribution in [-0.2, 0) is 4.79 Å². The fourth-order valence-electron chi connectivity index (χ4n) is 4.23. The lowest BCUT2D eigenvalue weighted by atomic mass is 9.73. The van der Waals surface area contributed by atoms with Gasteiger partial charge in [0, 0.05) is 31.1 Å². The summed E-state index contributed by atoms with van der Waals surface area (Å²) < 4.78 is 0. The number of carbonyl (C=O) groups is 2. The topological polar surface area (TPSA) is 73.2 Å². The number of rotatable bonds is 2. The number of hydrogen-bond donors (Lipinski definition) is 1. The van der Waals surface area contributed by atoms with Crippen LogP contribution in [0.15, 0.2) is 54.6 Å². The van der Waals surface area contributed by atoms with Crippen LogP contribution in [0.5, 0.6) is 0 Å². The summed E-state index contributed by atoms with van der Waals surface area (Å²) in [5, 5.41) is 12.0. The van der Waals surface area contributed by atoms with Crippen molar-refractivity contribution >= 4 is 11.8 Å². The van der Waals surface area contributed by atoms with Crippen molar-refractivity contribution < 1.29 is 9.59 Å². The fourth-order valence-corrected chi connectivity index (χ4v) is 4.23. The maximum absolute atomic E-state index is 12.9. The Morgan fingerprint density at radius 2 is 2.00 bits per heavy atom. The molecule has 5 nitrogen and oxygen atoms in total. The van der Waals surface area contributed by atoms with Crippen LogP contribution in [0.25, 0.3) is 0 Å². The lowest BCUT2D eigenvalue weighted by Crippen LogP contribution is -2.39. The van der Waals surface area contributed by atoms with E-state index >= 15 is 0 Å². The summed E-state index contributed by atoms with van der Waals surface area (Å²) >= 11 is 0. The summed E-state index contributed by atoms with van der Waals surface area (Å²) in [7, 11) is 0. The van der Waals surface area contributed by atoms with E-state index in [9.17, 15) is 9.59 Å². The molecule has 2 aromatic carbocycles. The van der Waals surface area contributed by atoms with Crippen molar-refractivity contribution in [3.63, 3.8) is 0 Å². The molecule has 0 aromatic heterocycles. The van der Waals surface area contributed by atoms with E-state index < -0.39 is 5.41 Å². The number of nitrogens with one attached hydrogen (secondary N) is 1. The van der Waals surface area contributed by atoms with Crippen molar-refractivity contribution in [2.75, 3.05) is 19.6 Å². The molecule has 1 N–H and O–H groups in total. The zero-order valence-corrected chi connectivity index (χ0v) is 14.3. The molecular formula is C21H19N3O2. The summed E-state index contributed by atoms with van der Waals surface area (Å²) in [6.07, 6.45) is 0.655. The monoisotopic (exact) mass is 345 g/mol. The molecule has 2 aromatic rings. The Balaban J connectivity index is 1.61. The Bertz CT molecular complexity index is 903. The van der Waals surface area contributed by atoms with Gasteiger partial charge in [0.1, 0.15) is 0 Å². The first-order chi connectivity index (χ1) is 12.6. The number of carbonyl (C=O) groups excluding carboxylic acids is 2. The zero-order chi connectivity index (χ0) is 18.1. The number of benzene rings is 2. The molecule has 2 aliphatic rings. The van der Waals surface area contributed by atoms with Crippen LogP contribution in [0.1, 0.15) is 33.8 Å². The van der Waals surface area contributed by atoms with Crippen LogP contribution in [0, 0.1) is 16.7 Å². The molecule has 2 amide bonds. The van der Waals surface area contributed by atoms with Gasteiger partial charge in [-0.25, -0.2) is 0 Å². The van der Waals surface area contributed by atoms with Crippen LogP contribution in [0.2, 0.25) is 0 Å². The lowest BCUT2D eigenvalue weighted by Gasteiger charge is -2.28. The van der Waals surface area contributed by atoms with E-state index in [0.29, 0.717) is 37.2 Å². The van der Waals surface area contributed by atoms with E-state index in [0.717, 1.165) is 5.56 Å². The van der Waals surface area contributed by atoms with Gasteiger partial charge in [0.25, 0.3) is 5.91 Å². The minimum atomic E-state index is -0.566. The normalized spacial score (nSPS) is 24.5. The maximum atomic E-state index is 12.9. The van der Waals surface area contributed by atoms with Crippen molar-refractivity contribution in [1.82, 2.24) is 10.2 Å². The third-order valence-corrected chi connectivity index (χ3v) is 5.61. The first kappa shape index (κ1) is 16.3. The van der Waals surface area contributed by atoms with Crippen LogP contribution < -0.4 is 5.32 Å². The molecule has 0 unspecified atom stereocenters. The van der Waals surface area contributed by atoms with Gasteiger partial charge in [0.05, 0.1) is 17.0 Å². The Morgan fingerprint density at radius 1 is 1.19 bits per heavy atom. The molecule has 2 atom stereocenters. The average molecular weight is 345 g/mol. The van der Waals surface area contributed by atoms with Gasteiger partial charge in [-0.05, 0) is 30.2 Å². The highest BCUT2D eigenvalue weighted by atomic mass is 16.2. The highest BCUT2D eigenvalue weighted by Crippen LogP contribution is 2.47. The van der Waals surface area contributed by atoms with Crippen LogP contribution in [0.3, 0.4) is 0 Å². The molecule has 4 rings (SSSR count). The molecule has 2 aliphatic heterocycles. The van der Waals surface area contributed by atoms with E-state index in [1.807, 2.05) is 30.3 Å². The predicted molar refractivity (Wildman–Crippen MR) is 96.3 cm³/mol. The Morgan fingerprint density at radius 3 is 2.77 bits per heavy atom. The maximum Gasteiger partial charge on any atom is 0.253 e. The van der Waals surface area contributed by atoms with Gasteiger partial charge in [-0.1, -0.05) is 36.4 Å². The molecule has 130 valence electrons. The fraction of sp³-hybridized carbons (Fsp3) is 0.286. The Kier molecular flexibility index (Phi) is 3.96. The highest BCUT2D eigenvalue weighted by Gasteiger charge is 2.55. The van der Waals surface area contributed by atoms with E-state index in [4.69, 9.17) is 5.26 Å². The average Bonchev–Trinajstić information content (AvgIpc) is 3.27. The molecule has 5 heteroatoms. The second-order valence-corrected chi connectivity index (χ2v) is 7.00. The minimum absolute atomic E-state index is 0.0347. The molecule has 0 radical (unpaired) electrons. The summed E-state index contributed by atoms with van der Waals surface area (Å²) in [6, 6.07) is 18.8. The number of nitrogens with zero attached hydrogens (tertiary/aromatic N) is 2. The van der Waals surface area contributed by atoms with Gasteiger partial charge in [0.2, 0.25) is 5.91 Å². The Labute approximate surface area is 152 Å². The lowest BCUT2D eigenvalue weighted by molar-refractivity contribution is -0.127. The molecule has 0 saturated carbocycles. The number of likely N-dealkylation sites (tertiary alicyclic amines) is 1. The summed E-state index contributed by atoms with van der Waals surface area (Å²) in [5.41, 5.74) is 1.53. The molecular weight excluding hydrogens is 326 g/mol. The quantitative estimate of drug-likeness (QED) is 0.908. The van der Waals surface area contributed by atoms with Gasteiger partial charge < -0.3 is 10.2 Å². The van der Waals surface area contributed by atoms with Crippen molar-refractivity contribution in [1.29, 1.82) is 5.26 Å². The second kappa shape index (κ2) is 6.30. The van der Waals surface area contributed by atoms with Gasteiger partial charge in [-0.2, -0.15) is 5.26 Å². The van der Waals surface area contributed by atoms with Crippen LogP contribution in [0.4, 0.5) is 0 Å². The van der Waals surface area contributed by atoms with Gasteiger partial charge in [-0.3, -0.25) is 9.59 Å². The first-order valence-corrected chi connectivity index (χ1v) is 8.77. The van der Waals surface area contributed by atoms with Crippen molar-refractivity contribution in [3.8, 4) is 6.07 Å². The third-order valence-electron chi connectivity index (χ3n) is 5.61. The van der Waals surface area contributed by atoms with E-state index in [1.165, 1.54) is 0 Å². The predicted octanol–water partition coefficient (Wildman–Crippen LogP) is 2.30. The van der Waals surface area contributed by atoms with E-state index in [-0.39, 0.29) is 17.7 Å². The molecule has 0 bridgehead atoms. The van der Waals surface area contributed by atoms with E-state index in [2.05, 4.69) is 11.4 Å². The van der Waals surface area contributed by atoms with Gasteiger partial charge in [0.15, 0.2) is 0 Å². The SMILES string of the molecule is N#Cc1cccc(C(=O)N2CC[C@]3(C2)C(=O)NC[C@H]3c2ccccc2)c1. The smallest absolute Gasteiger partial charge is 0.253 e. The number of hydrogen-bond acceptors (Lipinski definition) is 3. The van der Waals surface area contributed by atoms with Crippen LogP contribution >= 0.6 is 0 Å². The zero-order valence-electron chi connectivity index (χ0n) is 14.3. The van der Waals surface area contributed by atoms with Crippen molar-refractivity contribution in [3.05, 3.63) is 71.3 Å². The summed E-state index contributed by atoms with van der Waals surface area (Å²) in [5.74, 6) is -0.0163. The number of nitriles is 1. The van der Waals surface area contributed by atoms with Gasteiger partial charge >= 0.3 is 0 Å².